The Labute approximate surface area is 146 Å². The van der Waals surface area contributed by atoms with E-state index in [-0.39, 0.29) is 24.2 Å². The van der Waals surface area contributed by atoms with Crippen LogP contribution in [-0.2, 0) is 17.4 Å². The second kappa shape index (κ2) is 6.77. The van der Waals surface area contributed by atoms with E-state index in [4.69, 9.17) is 5.11 Å². The first-order valence-corrected chi connectivity index (χ1v) is 7.89. The third-order valence-corrected chi connectivity index (χ3v) is 4.01. The summed E-state index contributed by atoms with van der Waals surface area (Å²) in [6.07, 6.45) is -2.61. The molecule has 1 aliphatic heterocycles. The van der Waals surface area contributed by atoms with Gasteiger partial charge in [-0.15, -0.1) is 0 Å². The van der Waals surface area contributed by atoms with Crippen LogP contribution in [0.5, 0.6) is 0 Å². The molecule has 3 heterocycles. The van der Waals surface area contributed by atoms with Gasteiger partial charge in [-0.3, -0.25) is 9.78 Å². The first-order chi connectivity index (χ1) is 12.2. The van der Waals surface area contributed by atoms with E-state index in [1.165, 1.54) is 18.3 Å². The molecule has 0 aromatic carbocycles. The fraction of sp³-hybridized carbons (Fsp3) is 0.375. The molecule has 0 unspecified atom stereocenters. The summed E-state index contributed by atoms with van der Waals surface area (Å²) in [6, 6.07) is 3.94. The van der Waals surface area contributed by atoms with E-state index in [0.29, 0.717) is 17.9 Å². The summed E-state index contributed by atoms with van der Waals surface area (Å²) in [4.78, 5) is 24.1. The van der Waals surface area contributed by atoms with Crippen molar-refractivity contribution < 1.29 is 23.1 Å². The molecule has 0 bridgehead atoms. The molecular formula is C16H16F3N5O2. The highest BCUT2D eigenvalue weighted by atomic mass is 19.4. The van der Waals surface area contributed by atoms with Crippen molar-refractivity contribution in [1.82, 2.24) is 15.0 Å². The number of anilines is 3. The minimum atomic E-state index is -4.59. The SMILES string of the molecule is C[C@H]1CCN1c1nc(Nc2ccc(CC(=O)O)nc2)cc(C(F)(F)F)n1. The van der Waals surface area contributed by atoms with Gasteiger partial charge in [0, 0.05) is 18.7 Å². The number of carboxylic acids is 1. The van der Waals surface area contributed by atoms with E-state index in [9.17, 15) is 18.0 Å². The van der Waals surface area contributed by atoms with Crippen molar-refractivity contribution in [1.29, 1.82) is 0 Å². The van der Waals surface area contributed by atoms with Crippen molar-refractivity contribution >= 4 is 23.4 Å². The summed E-state index contributed by atoms with van der Waals surface area (Å²) in [6.45, 7) is 2.50. The summed E-state index contributed by atoms with van der Waals surface area (Å²) in [5.41, 5.74) is -0.287. The Bertz CT molecular complexity index is 811. The second-order valence-corrected chi connectivity index (χ2v) is 6.00. The summed E-state index contributed by atoms with van der Waals surface area (Å²) in [7, 11) is 0. The zero-order valence-corrected chi connectivity index (χ0v) is 13.8. The van der Waals surface area contributed by atoms with Gasteiger partial charge in [0.1, 0.15) is 5.82 Å². The number of halogens is 3. The van der Waals surface area contributed by atoms with Crippen molar-refractivity contribution in [3.8, 4) is 0 Å². The van der Waals surface area contributed by atoms with Crippen LogP contribution >= 0.6 is 0 Å². The fourth-order valence-electron chi connectivity index (χ4n) is 2.49. The minimum absolute atomic E-state index is 0.00536. The van der Waals surface area contributed by atoms with Gasteiger partial charge in [-0.05, 0) is 25.5 Å². The average Bonchev–Trinajstić information content (AvgIpc) is 2.54. The zero-order chi connectivity index (χ0) is 18.9. The molecule has 1 atom stereocenters. The van der Waals surface area contributed by atoms with Crippen LogP contribution in [0.1, 0.15) is 24.7 Å². The number of carboxylic acid groups (broad SMARTS) is 1. The number of aromatic nitrogens is 3. The molecule has 10 heteroatoms. The molecule has 7 nitrogen and oxygen atoms in total. The standard InChI is InChI=1S/C16H16F3N5O2/c1-9-4-5-24(9)15-22-12(16(17,18)19)7-13(23-15)21-11-3-2-10(20-8-11)6-14(25)26/h2-3,7-9H,4-6H2,1H3,(H,25,26)(H,21,22,23)/t9-/m0/s1. The maximum atomic E-state index is 13.1. The number of pyridine rings is 1. The van der Waals surface area contributed by atoms with Crippen molar-refractivity contribution in [2.24, 2.45) is 0 Å². The molecule has 0 amide bonds. The molecule has 0 spiro atoms. The van der Waals surface area contributed by atoms with E-state index in [2.05, 4.69) is 20.3 Å². The van der Waals surface area contributed by atoms with Gasteiger partial charge < -0.3 is 15.3 Å². The van der Waals surface area contributed by atoms with Gasteiger partial charge in [-0.1, -0.05) is 0 Å². The lowest BCUT2D eigenvalue weighted by Crippen LogP contribution is -2.46. The largest absolute Gasteiger partial charge is 0.481 e. The molecule has 1 fully saturated rings. The first kappa shape index (κ1) is 17.9. The lowest BCUT2D eigenvalue weighted by atomic mass is 10.1. The zero-order valence-electron chi connectivity index (χ0n) is 13.8. The number of nitrogens with zero attached hydrogens (tertiary/aromatic N) is 4. The third kappa shape index (κ3) is 4.01. The number of nitrogens with one attached hydrogen (secondary N) is 1. The van der Waals surface area contributed by atoms with Crippen LogP contribution < -0.4 is 10.2 Å². The van der Waals surface area contributed by atoms with Crippen LogP contribution in [0.25, 0.3) is 0 Å². The molecule has 0 saturated carbocycles. The molecular weight excluding hydrogens is 351 g/mol. The Morgan fingerprint density at radius 1 is 1.38 bits per heavy atom. The average molecular weight is 367 g/mol. The van der Waals surface area contributed by atoms with Gasteiger partial charge in [0.2, 0.25) is 5.95 Å². The van der Waals surface area contributed by atoms with Gasteiger partial charge in [0.15, 0.2) is 5.69 Å². The van der Waals surface area contributed by atoms with E-state index < -0.39 is 17.8 Å². The van der Waals surface area contributed by atoms with Gasteiger partial charge in [-0.25, -0.2) is 4.98 Å². The fourth-order valence-corrected chi connectivity index (χ4v) is 2.49. The summed E-state index contributed by atoms with van der Waals surface area (Å²) < 4.78 is 39.4. The Hall–Kier alpha value is -2.91. The topological polar surface area (TPSA) is 91.2 Å². The van der Waals surface area contributed by atoms with Crippen molar-refractivity contribution in [2.75, 3.05) is 16.8 Å². The van der Waals surface area contributed by atoms with Gasteiger partial charge in [0.25, 0.3) is 0 Å². The van der Waals surface area contributed by atoms with Crippen molar-refractivity contribution in [3.63, 3.8) is 0 Å². The molecule has 1 aliphatic rings. The number of hydrogen-bond donors (Lipinski definition) is 2. The molecule has 0 aliphatic carbocycles. The van der Waals surface area contributed by atoms with E-state index >= 15 is 0 Å². The highest BCUT2D eigenvalue weighted by Crippen LogP contribution is 2.32. The molecule has 3 rings (SSSR count). The highest BCUT2D eigenvalue weighted by molar-refractivity contribution is 5.69. The van der Waals surface area contributed by atoms with Gasteiger partial charge in [0.05, 0.1) is 24.0 Å². The molecule has 2 N–H and O–H groups in total. The maximum absolute atomic E-state index is 13.1. The van der Waals surface area contributed by atoms with Crippen LogP contribution in [0.15, 0.2) is 24.4 Å². The van der Waals surface area contributed by atoms with Gasteiger partial charge >= 0.3 is 12.1 Å². The highest BCUT2D eigenvalue weighted by Gasteiger charge is 2.35. The Kier molecular flexibility index (Phi) is 4.66. The Balaban J connectivity index is 1.86. The molecule has 1 saturated heterocycles. The number of alkyl halides is 3. The lowest BCUT2D eigenvalue weighted by Gasteiger charge is -2.38. The normalized spacial score (nSPS) is 16.9. The number of hydrogen-bond acceptors (Lipinski definition) is 6. The van der Waals surface area contributed by atoms with Crippen LogP contribution in [0.2, 0.25) is 0 Å². The second-order valence-electron chi connectivity index (χ2n) is 6.00. The molecule has 2 aromatic heterocycles. The monoisotopic (exact) mass is 367 g/mol. The summed E-state index contributed by atoms with van der Waals surface area (Å²) in [5, 5.41) is 11.5. The number of aliphatic carboxylic acids is 1. The van der Waals surface area contributed by atoms with E-state index in [1.807, 2.05) is 6.92 Å². The van der Waals surface area contributed by atoms with Crippen LogP contribution in [0, 0.1) is 0 Å². The number of rotatable bonds is 5. The maximum Gasteiger partial charge on any atom is 0.433 e. The minimum Gasteiger partial charge on any atom is -0.481 e. The van der Waals surface area contributed by atoms with E-state index in [0.717, 1.165) is 12.5 Å². The molecule has 0 radical (unpaired) electrons. The third-order valence-electron chi connectivity index (χ3n) is 4.01. The van der Waals surface area contributed by atoms with Crippen molar-refractivity contribution in [2.45, 2.75) is 32.0 Å². The summed E-state index contributed by atoms with van der Waals surface area (Å²) in [5.74, 6) is -0.997. The van der Waals surface area contributed by atoms with Crippen LogP contribution in [0.3, 0.4) is 0 Å². The van der Waals surface area contributed by atoms with Crippen LogP contribution in [0.4, 0.5) is 30.6 Å². The quantitative estimate of drug-likeness (QED) is 0.840. The van der Waals surface area contributed by atoms with Crippen LogP contribution in [-0.4, -0.2) is 38.6 Å². The van der Waals surface area contributed by atoms with E-state index in [1.54, 1.807) is 4.90 Å². The number of carbonyl (C=O) groups is 1. The summed E-state index contributed by atoms with van der Waals surface area (Å²) >= 11 is 0. The Morgan fingerprint density at radius 2 is 2.15 bits per heavy atom. The predicted molar refractivity (Wildman–Crippen MR) is 87.3 cm³/mol. The molecule has 26 heavy (non-hydrogen) atoms. The van der Waals surface area contributed by atoms with Crippen molar-refractivity contribution in [3.05, 3.63) is 35.8 Å². The smallest absolute Gasteiger partial charge is 0.433 e. The molecule has 138 valence electrons. The molecule has 2 aromatic rings. The first-order valence-electron chi connectivity index (χ1n) is 7.89. The Morgan fingerprint density at radius 3 is 2.65 bits per heavy atom. The predicted octanol–water partition coefficient (Wildman–Crippen LogP) is 2.86. The van der Waals surface area contributed by atoms with Gasteiger partial charge in [-0.2, -0.15) is 18.2 Å². The lowest BCUT2D eigenvalue weighted by molar-refractivity contribution is -0.141.